The second kappa shape index (κ2) is 7.89. The maximum Gasteiger partial charge on any atom is 0.0159 e. The lowest BCUT2D eigenvalue weighted by Crippen LogP contribution is -2.28. The van der Waals surface area contributed by atoms with Gasteiger partial charge in [-0.05, 0) is 24.9 Å². The van der Waals surface area contributed by atoms with Crippen LogP contribution in [0, 0.1) is 0 Å². The van der Waals surface area contributed by atoms with E-state index >= 15 is 0 Å². The maximum absolute atomic E-state index is 3.50. The summed E-state index contributed by atoms with van der Waals surface area (Å²) >= 11 is 3.50. The van der Waals surface area contributed by atoms with Crippen molar-refractivity contribution in [2.75, 3.05) is 25.0 Å². The topological polar surface area (TPSA) is 3.24 Å². The quantitative estimate of drug-likeness (QED) is 0.687. The number of alkyl halides is 1. The highest BCUT2D eigenvalue weighted by atomic mass is 79.9. The molecule has 1 rings (SSSR count). The van der Waals surface area contributed by atoms with E-state index in [-0.39, 0.29) is 0 Å². The van der Waals surface area contributed by atoms with Gasteiger partial charge in [0, 0.05) is 18.4 Å². The van der Waals surface area contributed by atoms with Crippen LogP contribution >= 0.6 is 15.9 Å². The van der Waals surface area contributed by atoms with Gasteiger partial charge < -0.3 is 4.90 Å². The van der Waals surface area contributed by atoms with E-state index in [1.165, 1.54) is 25.1 Å². The molecule has 0 radical (unpaired) electrons. The van der Waals surface area contributed by atoms with E-state index < -0.39 is 0 Å². The Labute approximate surface area is 102 Å². The molecule has 2 heteroatoms. The Morgan fingerprint density at radius 2 is 1.80 bits per heavy atom. The summed E-state index contributed by atoms with van der Waals surface area (Å²) in [5.41, 5.74) is 1.44. The smallest absolute Gasteiger partial charge is 0.0159 e. The Morgan fingerprint density at radius 3 is 2.40 bits per heavy atom. The zero-order valence-electron chi connectivity index (χ0n) is 9.45. The lowest BCUT2D eigenvalue weighted by atomic mass is 10.1. The van der Waals surface area contributed by atoms with Crippen molar-refractivity contribution in [3.05, 3.63) is 35.9 Å². The van der Waals surface area contributed by atoms with E-state index in [0.29, 0.717) is 0 Å². The standard InChI is InChI=1S/C13H20BrN/c1-2-10-15(12-9-14)11-8-13-6-4-3-5-7-13/h3-7H,2,8-12H2,1H3. The first-order valence-corrected chi connectivity index (χ1v) is 6.81. The SMILES string of the molecule is CCCN(CCBr)CCc1ccccc1. The van der Waals surface area contributed by atoms with Gasteiger partial charge in [-0.1, -0.05) is 53.2 Å². The number of benzene rings is 1. The van der Waals surface area contributed by atoms with Crippen molar-refractivity contribution in [3.8, 4) is 0 Å². The minimum Gasteiger partial charge on any atom is -0.302 e. The van der Waals surface area contributed by atoms with Crippen LogP contribution in [0.1, 0.15) is 18.9 Å². The zero-order chi connectivity index (χ0) is 10.9. The second-order valence-electron chi connectivity index (χ2n) is 3.77. The summed E-state index contributed by atoms with van der Waals surface area (Å²) < 4.78 is 0. The Kier molecular flexibility index (Phi) is 6.69. The molecule has 0 aliphatic heterocycles. The first kappa shape index (κ1) is 12.7. The number of rotatable bonds is 7. The van der Waals surface area contributed by atoms with Gasteiger partial charge in [0.2, 0.25) is 0 Å². The van der Waals surface area contributed by atoms with Gasteiger partial charge in [0.1, 0.15) is 0 Å². The van der Waals surface area contributed by atoms with E-state index in [0.717, 1.165) is 18.3 Å². The van der Waals surface area contributed by atoms with Crippen molar-refractivity contribution >= 4 is 15.9 Å². The first-order valence-electron chi connectivity index (χ1n) is 5.69. The Balaban J connectivity index is 2.33. The molecule has 0 N–H and O–H groups in total. The Morgan fingerprint density at radius 1 is 1.07 bits per heavy atom. The van der Waals surface area contributed by atoms with Gasteiger partial charge in [0.25, 0.3) is 0 Å². The molecule has 0 fully saturated rings. The second-order valence-corrected chi connectivity index (χ2v) is 4.56. The van der Waals surface area contributed by atoms with E-state index in [1.807, 2.05) is 0 Å². The third-order valence-corrected chi connectivity index (χ3v) is 2.85. The van der Waals surface area contributed by atoms with Crippen molar-refractivity contribution in [1.82, 2.24) is 4.90 Å². The van der Waals surface area contributed by atoms with Crippen LogP contribution in [0.2, 0.25) is 0 Å². The number of halogens is 1. The van der Waals surface area contributed by atoms with Crippen molar-refractivity contribution in [1.29, 1.82) is 0 Å². The van der Waals surface area contributed by atoms with Gasteiger partial charge in [-0.3, -0.25) is 0 Å². The molecule has 0 saturated heterocycles. The summed E-state index contributed by atoms with van der Waals surface area (Å²) in [4.78, 5) is 2.52. The first-order chi connectivity index (χ1) is 7.36. The number of nitrogens with zero attached hydrogens (tertiary/aromatic N) is 1. The van der Waals surface area contributed by atoms with Crippen LogP contribution in [-0.4, -0.2) is 29.9 Å². The van der Waals surface area contributed by atoms with Crippen molar-refractivity contribution in [2.45, 2.75) is 19.8 Å². The molecule has 84 valence electrons. The molecule has 0 saturated carbocycles. The van der Waals surface area contributed by atoms with Crippen LogP contribution in [0.15, 0.2) is 30.3 Å². The molecule has 1 aromatic rings. The maximum atomic E-state index is 3.50. The minimum atomic E-state index is 1.07. The van der Waals surface area contributed by atoms with Crippen molar-refractivity contribution in [2.24, 2.45) is 0 Å². The third kappa shape index (κ3) is 5.33. The fraction of sp³-hybridized carbons (Fsp3) is 0.538. The van der Waals surface area contributed by atoms with Crippen LogP contribution in [0.4, 0.5) is 0 Å². The highest BCUT2D eigenvalue weighted by Crippen LogP contribution is 2.02. The highest BCUT2D eigenvalue weighted by Gasteiger charge is 2.02. The van der Waals surface area contributed by atoms with Crippen LogP contribution in [0.3, 0.4) is 0 Å². The summed E-state index contributed by atoms with van der Waals surface area (Å²) in [6.07, 6.45) is 2.40. The summed E-state index contributed by atoms with van der Waals surface area (Å²) in [6, 6.07) is 10.7. The van der Waals surface area contributed by atoms with Gasteiger partial charge in [-0.2, -0.15) is 0 Å². The van der Waals surface area contributed by atoms with Crippen molar-refractivity contribution in [3.63, 3.8) is 0 Å². The van der Waals surface area contributed by atoms with Crippen molar-refractivity contribution < 1.29 is 0 Å². The van der Waals surface area contributed by atoms with E-state index in [9.17, 15) is 0 Å². The van der Waals surface area contributed by atoms with Crippen LogP contribution in [-0.2, 0) is 6.42 Å². The summed E-state index contributed by atoms with van der Waals surface area (Å²) in [7, 11) is 0. The fourth-order valence-electron chi connectivity index (χ4n) is 1.70. The van der Waals surface area contributed by atoms with Gasteiger partial charge >= 0.3 is 0 Å². The average molecular weight is 270 g/mol. The summed E-state index contributed by atoms with van der Waals surface area (Å²) in [5.74, 6) is 0. The molecule has 1 aromatic carbocycles. The van der Waals surface area contributed by atoms with Gasteiger partial charge in [-0.15, -0.1) is 0 Å². The highest BCUT2D eigenvalue weighted by molar-refractivity contribution is 9.09. The molecule has 0 aliphatic rings. The van der Waals surface area contributed by atoms with Crippen LogP contribution < -0.4 is 0 Å². The zero-order valence-corrected chi connectivity index (χ0v) is 11.0. The molecule has 0 heterocycles. The lowest BCUT2D eigenvalue weighted by Gasteiger charge is -2.20. The normalized spacial score (nSPS) is 10.9. The van der Waals surface area contributed by atoms with Gasteiger partial charge in [0.15, 0.2) is 0 Å². The molecule has 0 aromatic heterocycles. The van der Waals surface area contributed by atoms with Gasteiger partial charge in [-0.25, -0.2) is 0 Å². The van der Waals surface area contributed by atoms with Crippen LogP contribution in [0.25, 0.3) is 0 Å². The molecule has 0 atom stereocenters. The summed E-state index contributed by atoms with van der Waals surface area (Å²) in [5, 5.41) is 1.07. The largest absolute Gasteiger partial charge is 0.302 e. The van der Waals surface area contributed by atoms with E-state index in [2.05, 4.69) is 58.1 Å². The molecular weight excluding hydrogens is 250 g/mol. The Bertz CT molecular complexity index is 242. The Hall–Kier alpha value is -0.340. The molecule has 0 amide bonds. The molecule has 0 bridgehead atoms. The molecule has 0 aliphatic carbocycles. The number of hydrogen-bond acceptors (Lipinski definition) is 1. The fourth-order valence-corrected chi connectivity index (χ4v) is 2.20. The lowest BCUT2D eigenvalue weighted by molar-refractivity contribution is 0.295. The van der Waals surface area contributed by atoms with Crippen LogP contribution in [0.5, 0.6) is 0 Å². The predicted octanol–water partition coefficient (Wildman–Crippen LogP) is 3.34. The van der Waals surface area contributed by atoms with Gasteiger partial charge in [0.05, 0.1) is 0 Å². The molecule has 15 heavy (non-hydrogen) atoms. The molecular formula is C13H20BrN. The third-order valence-electron chi connectivity index (χ3n) is 2.50. The molecule has 0 unspecified atom stereocenters. The average Bonchev–Trinajstić information content (AvgIpc) is 2.28. The van der Waals surface area contributed by atoms with E-state index in [4.69, 9.17) is 0 Å². The number of hydrogen-bond donors (Lipinski definition) is 0. The molecule has 0 spiro atoms. The summed E-state index contributed by atoms with van der Waals surface area (Å²) in [6.45, 7) is 5.77. The molecule has 1 nitrogen and oxygen atoms in total. The predicted molar refractivity (Wildman–Crippen MR) is 70.7 cm³/mol. The minimum absolute atomic E-state index is 1.07. The monoisotopic (exact) mass is 269 g/mol. The van der Waals surface area contributed by atoms with E-state index in [1.54, 1.807) is 0 Å².